The van der Waals surface area contributed by atoms with Crippen molar-refractivity contribution < 1.29 is 106 Å². The van der Waals surface area contributed by atoms with Crippen molar-refractivity contribution in [3.8, 4) is 33.7 Å². The zero-order valence-corrected chi connectivity index (χ0v) is 98.4. The molecule has 150 heavy (non-hydrogen) atoms. The van der Waals surface area contributed by atoms with Crippen LogP contribution in [0.25, 0.3) is 30.6 Å². The monoisotopic (exact) mass is 2310 g/mol. The zero-order chi connectivity index (χ0) is 110. The van der Waals surface area contributed by atoms with Crippen LogP contribution in [-0.4, -0.2) is 225 Å². The molecular weight excluding hydrogens is 2180 g/mol. The van der Waals surface area contributed by atoms with Crippen LogP contribution in [0.15, 0.2) is 125 Å². The van der Waals surface area contributed by atoms with Gasteiger partial charge in [0, 0.05) is 136 Å². The van der Waals surface area contributed by atoms with Crippen molar-refractivity contribution in [1.29, 1.82) is 5.26 Å². The van der Waals surface area contributed by atoms with Gasteiger partial charge >= 0.3 is 79.9 Å². The first kappa shape index (κ1) is 133. The van der Waals surface area contributed by atoms with E-state index < -0.39 is 87.3 Å². The molecule has 0 unspecified atom stereocenters. The molecule has 44 nitrogen and oxygen atoms in total. The molecule has 0 radical (unpaired) electrons. The van der Waals surface area contributed by atoms with Crippen LogP contribution in [0.2, 0.25) is 36.3 Å². The Balaban J connectivity index is 0.000000561. The van der Waals surface area contributed by atoms with E-state index in [1.54, 1.807) is 84.9 Å². The molecule has 0 bridgehead atoms. The fraction of sp³-hybridized carbons (Fsp3) is 0.400. The van der Waals surface area contributed by atoms with Crippen molar-refractivity contribution in [2.75, 3.05) is 83.8 Å². The number of nitrogens with zero attached hydrogens (tertiary/aromatic N) is 11. The van der Waals surface area contributed by atoms with Crippen LogP contribution in [0.5, 0.6) is 28.7 Å². The summed E-state index contributed by atoms with van der Waals surface area (Å²) in [6.07, 6.45) is 13.6. The number of rotatable bonds is 40. The van der Waals surface area contributed by atoms with E-state index in [1.165, 1.54) is 106 Å². The number of nitrogens with two attached hydrogens (primary N) is 7. The van der Waals surface area contributed by atoms with E-state index in [0.717, 1.165) is 17.4 Å². The van der Waals surface area contributed by atoms with Gasteiger partial charge in [-0.2, -0.15) is 37.1 Å². The van der Waals surface area contributed by atoms with Gasteiger partial charge in [-0.05, 0) is 110 Å². The standard InChI is InChI=1S/C36H47N7O9SSi.C36H49N7O7SSi.C20H23N5O4S.CBrN.2CH4.ClH.2Na.O4S2/c1-9-24-31(52-21(2)40-24)34(46)41-35-42(30-27(49-6)19-23(33(38)45)20-28(30)53-35)14-11-10-13-39-29-25(43(47)48)17-22(32(37)44)18-26(29)50-15-12-16-51-54(7,8)36(3,4)5;1-9-25-31(50-21(2)41-25)34(46)42-35-43(30-27(47-6)19-23(33(39)45)20-28(30)51-35)14-11-10-13-40-29-24(37)17-22(32(38)44)18-26(29)48-15-12-16-49-52(7,8)36(3,4)5;1-4-13-17(29-11(2)23-13)19(27)24-20-25(8-6-5-7-21)16-14(28-3)9-12(18(22)26)10-15(16)30-20;2-1-3;;;;;;1-5(2)6(3)4/h10-11,17-20,39H,9,12-16H2,1-8H3,(H2,37,44)(H2,38,45);10-11,17-20,40H,9,12-16,37H2,1-8H3,(H2,38,44)(H2,39,45);5-6,9-10H,4,7-8,21H2,1-3H3,(H2,22,26);;2*1H4;1H;;;/b11-10+,41-35?;11-10+,42-35?;6-5+,24-20?;;;;;;;. The number of hydrogen-bond donors (Lipinski definition) is 9. The molecule has 55 heteroatoms. The first-order valence-corrected chi connectivity index (χ1v) is 65.4. The number of amides is 8. The molecule has 0 spiro atoms. The van der Waals surface area contributed by atoms with Crippen molar-refractivity contribution in [1.82, 2.24) is 28.7 Å². The number of hydrogen-bond acceptors (Lipinski definition) is 35. The third-order valence-electron chi connectivity index (χ3n) is 22.3. The number of methoxy groups -OCH3 is 3. The third kappa shape index (κ3) is 36.6. The Kier molecular flexibility index (Phi) is 54.6. The quantitative estimate of drug-likeness (QED) is 0.00430. The van der Waals surface area contributed by atoms with E-state index in [4.69, 9.17) is 108 Å². The fourth-order valence-corrected chi connectivity index (χ4v) is 18.6. The molecule has 0 saturated heterocycles. The van der Waals surface area contributed by atoms with Crippen molar-refractivity contribution in [3.05, 3.63) is 201 Å². The number of primary amides is 5. The number of carbonyl (C=O) groups excluding carboxylic acids is 8. The number of nitriles is 1. The summed E-state index contributed by atoms with van der Waals surface area (Å²) in [5.41, 5.74) is 44.5. The number of oxazole rings is 3. The molecule has 16 N–H and O–H groups in total. The number of nitro benzene ring substituents is 1. The minimum atomic E-state index is -2.95. The summed E-state index contributed by atoms with van der Waals surface area (Å²) >= 11 is 8.95. The number of anilines is 3. The predicted octanol–water partition coefficient (Wildman–Crippen LogP) is 13.8. The minimum absolute atomic E-state index is 0. The number of nitrogens with one attached hydrogen (secondary N) is 2. The number of carbonyl (C=O) groups is 8. The van der Waals surface area contributed by atoms with Gasteiger partial charge < -0.3 is 110 Å². The van der Waals surface area contributed by atoms with Gasteiger partial charge in [0.1, 0.15) is 56.0 Å². The summed E-state index contributed by atoms with van der Waals surface area (Å²) in [6.45, 7) is 35.5. The third-order valence-corrected chi connectivity index (χ3v) is 35.4. The van der Waals surface area contributed by atoms with Crippen molar-refractivity contribution in [2.45, 2.75) is 186 Å². The number of halogens is 2. The number of allylic oxidation sites excluding steroid dienone is 3. The second kappa shape index (κ2) is 61.8. The van der Waals surface area contributed by atoms with E-state index in [1.807, 2.05) is 48.1 Å². The Morgan fingerprint density at radius 1 is 0.507 bits per heavy atom. The molecule has 11 rings (SSSR count). The molecule has 806 valence electrons. The molecule has 8 amide bonds. The average molecular weight is 2310 g/mol. The van der Waals surface area contributed by atoms with E-state index >= 15 is 0 Å². The van der Waals surface area contributed by atoms with Crippen LogP contribution in [0.3, 0.4) is 0 Å². The van der Waals surface area contributed by atoms with Crippen molar-refractivity contribution >= 4 is 242 Å². The summed E-state index contributed by atoms with van der Waals surface area (Å²) in [5, 5.41) is 25.8. The van der Waals surface area contributed by atoms with Gasteiger partial charge in [0.25, 0.3) is 5.69 Å². The normalized spacial score (nSPS) is 11.6. The average Bonchev–Trinajstić information content (AvgIpc) is 1.62. The molecule has 0 aliphatic heterocycles. The van der Waals surface area contributed by atoms with E-state index in [9.17, 15) is 48.5 Å². The predicted molar refractivity (Wildman–Crippen MR) is 592 cm³/mol. The maximum atomic E-state index is 13.3. The molecule has 0 aliphatic carbocycles. The Labute approximate surface area is 927 Å². The number of ether oxygens (including phenoxy) is 5. The Morgan fingerprint density at radius 2 is 0.787 bits per heavy atom. The van der Waals surface area contributed by atoms with Gasteiger partial charge in [-0.15, -0.1) is 12.4 Å². The number of aryl methyl sites for hydroxylation is 6. The molecular formula is C95H128BrClN20Na2O24S5Si2. The van der Waals surface area contributed by atoms with Crippen LogP contribution < -0.4 is 88.9 Å². The van der Waals surface area contributed by atoms with E-state index in [-0.39, 0.29) is 125 Å². The molecule has 6 aromatic heterocycles. The van der Waals surface area contributed by atoms with Crippen LogP contribution in [0.1, 0.15) is 208 Å². The molecule has 11 aromatic rings. The second-order valence-corrected chi connectivity index (χ2v) is 49.8. The van der Waals surface area contributed by atoms with Gasteiger partial charge in [-0.25, -0.2) is 15.0 Å². The Hall–Kier alpha value is -11.6. The SMILES string of the molecule is C.C.CCc1nc(C)oc1C(=O)N=c1sc2cc(C(N)=O)cc(OC)c2n1C/C=C/CN.CCc1nc(C)oc1C(=O)N=c1sc2cc(C(N)=O)cc(OC)c2n1C/C=C/CNc1c(N)cc(C(N)=O)cc1OCCCO[Si](C)(C)C(C)(C)C.CCc1nc(C)oc1C(=O)N=c1sc2cc(C(N)=O)cc(OC)c2n1C/C=C/CNc1c(OCCCO[Si](C)(C)C(C)(C)C)cc(C(N)=O)cc1[N+](=O)[O-].Cl.N#CBr.O=S(=O)=S(=O)=O.[Na][Na]. The van der Waals surface area contributed by atoms with Gasteiger partial charge in [0.05, 0.1) is 76.3 Å². The van der Waals surface area contributed by atoms with Gasteiger partial charge in [-0.1, -0.05) is 148 Å². The number of fused-ring (bicyclic) bond motifs is 3. The molecule has 0 fully saturated rings. The number of aromatic nitrogens is 6. The van der Waals surface area contributed by atoms with Crippen molar-refractivity contribution in [2.24, 2.45) is 49.4 Å². The van der Waals surface area contributed by atoms with Gasteiger partial charge in [0.15, 0.2) is 54.4 Å². The van der Waals surface area contributed by atoms with E-state index in [2.05, 4.69) is 124 Å². The Bertz CT molecular complexity index is 7300. The number of nitro groups is 1. The number of nitrogen functional groups attached to an aromatic ring is 1. The summed E-state index contributed by atoms with van der Waals surface area (Å²) in [6, 6.07) is 15.1. The molecule has 0 atom stereocenters. The number of benzene rings is 5. The van der Waals surface area contributed by atoms with Gasteiger partial charge in [-0.3, -0.25) is 48.5 Å². The molecule has 0 saturated carbocycles. The first-order chi connectivity index (χ1) is 69.3. The summed E-state index contributed by atoms with van der Waals surface area (Å²) in [5.74, 6) is -1.97. The summed E-state index contributed by atoms with van der Waals surface area (Å²) < 4.78 is 102. The fourth-order valence-electron chi connectivity index (χ4n) is 13.2. The topological polar surface area (TPSA) is 673 Å². The Morgan fingerprint density at radius 3 is 1.06 bits per heavy atom. The summed E-state index contributed by atoms with van der Waals surface area (Å²) in [4.78, 5) is 139. The van der Waals surface area contributed by atoms with Crippen LogP contribution in [0.4, 0.5) is 22.7 Å². The zero-order valence-electron chi connectivity index (χ0n) is 85.9. The van der Waals surface area contributed by atoms with Crippen LogP contribution in [0, 0.1) is 41.1 Å². The second-order valence-electron chi connectivity index (χ2n) is 34.3. The molecule has 6 heterocycles. The van der Waals surface area contributed by atoms with E-state index in [0.29, 0.717) is 187 Å². The first-order valence-electron chi connectivity index (χ1n) is 45.7. The molecule has 5 aromatic carbocycles. The maximum absolute atomic E-state index is 13.3. The van der Waals surface area contributed by atoms with Crippen LogP contribution in [-0.2, 0) is 66.3 Å². The summed E-state index contributed by atoms with van der Waals surface area (Å²) in [7, 11) is -5.33. The van der Waals surface area contributed by atoms with Crippen molar-refractivity contribution in [3.63, 3.8) is 0 Å². The molecule has 0 aliphatic rings. The van der Waals surface area contributed by atoms with Crippen LogP contribution >= 0.6 is 62.3 Å². The number of thiazole rings is 3. The van der Waals surface area contributed by atoms with Gasteiger partial charge in [0.2, 0.25) is 46.8 Å².